The zero-order valence-corrected chi connectivity index (χ0v) is 26.6. The van der Waals surface area contributed by atoms with Crippen LogP contribution >= 0.6 is 0 Å². The summed E-state index contributed by atoms with van der Waals surface area (Å²) in [6.07, 6.45) is 0.642. The minimum absolute atomic E-state index is 0.0773. The SMILES string of the molecule is O=C(NCc1ccnc(-c2cccc(C(O)(C(=O)O)c3ccccc3)c2)n1)c1ccc(CNCC(O)c2ccc(O)c3[nH]c(=O)ccc23)cc1. The second-order valence-corrected chi connectivity index (χ2v) is 11.6. The molecule has 2 heterocycles. The molecule has 0 aliphatic rings. The van der Waals surface area contributed by atoms with E-state index < -0.39 is 17.7 Å². The largest absolute Gasteiger partial charge is 0.506 e. The number of amides is 1. The normalized spacial score (nSPS) is 13.0. The molecule has 252 valence electrons. The van der Waals surface area contributed by atoms with Crippen LogP contribution in [-0.2, 0) is 23.5 Å². The summed E-state index contributed by atoms with van der Waals surface area (Å²) in [5.41, 5.74) is 0.911. The molecule has 4 aromatic carbocycles. The maximum atomic E-state index is 12.9. The summed E-state index contributed by atoms with van der Waals surface area (Å²) in [5, 5.41) is 48.7. The van der Waals surface area contributed by atoms with E-state index in [0.717, 1.165) is 5.56 Å². The van der Waals surface area contributed by atoms with E-state index in [9.17, 15) is 34.8 Å². The second-order valence-electron chi connectivity index (χ2n) is 11.6. The van der Waals surface area contributed by atoms with Gasteiger partial charge in [0.25, 0.3) is 5.91 Å². The fourth-order valence-corrected chi connectivity index (χ4v) is 5.67. The summed E-state index contributed by atoms with van der Waals surface area (Å²) in [5.74, 6) is -1.50. The molecule has 0 fully saturated rings. The van der Waals surface area contributed by atoms with Crippen molar-refractivity contribution in [3.05, 3.63) is 159 Å². The predicted octanol–water partition coefficient (Wildman–Crippen LogP) is 3.76. The van der Waals surface area contributed by atoms with Gasteiger partial charge in [0.2, 0.25) is 11.2 Å². The number of aliphatic hydroxyl groups is 2. The van der Waals surface area contributed by atoms with E-state index in [1.54, 1.807) is 91.1 Å². The maximum Gasteiger partial charge on any atom is 0.345 e. The summed E-state index contributed by atoms with van der Waals surface area (Å²) in [6.45, 7) is 0.740. The first-order valence-corrected chi connectivity index (χ1v) is 15.7. The Labute approximate surface area is 285 Å². The first kappa shape index (κ1) is 33.7. The van der Waals surface area contributed by atoms with Gasteiger partial charge >= 0.3 is 5.97 Å². The second kappa shape index (κ2) is 14.5. The van der Waals surface area contributed by atoms with Crippen LogP contribution in [0.4, 0.5) is 0 Å². The Morgan fingerprint density at radius 3 is 2.38 bits per heavy atom. The molecule has 0 spiro atoms. The number of phenols is 1. The third-order valence-corrected chi connectivity index (χ3v) is 8.33. The third kappa shape index (κ3) is 7.12. The van der Waals surface area contributed by atoms with Crippen molar-refractivity contribution < 1.29 is 30.0 Å². The van der Waals surface area contributed by atoms with Gasteiger partial charge in [-0.3, -0.25) is 9.59 Å². The van der Waals surface area contributed by atoms with E-state index >= 15 is 0 Å². The van der Waals surface area contributed by atoms with E-state index in [1.165, 1.54) is 24.3 Å². The number of benzene rings is 4. The van der Waals surface area contributed by atoms with Gasteiger partial charge in [0.15, 0.2) is 5.82 Å². The Morgan fingerprint density at radius 2 is 1.62 bits per heavy atom. The average molecular weight is 672 g/mol. The lowest BCUT2D eigenvalue weighted by molar-refractivity contribution is -0.155. The predicted molar refractivity (Wildman–Crippen MR) is 185 cm³/mol. The Kier molecular flexibility index (Phi) is 9.77. The highest BCUT2D eigenvalue weighted by Crippen LogP contribution is 2.32. The molecular formula is C38H33N5O7. The molecule has 0 bridgehead atoms. The number of nitrogens with one attached hydrogen (secondary N) is 3. The number of carboxylic acids is 1. The molecular weight excluding hydrogens is 638 g/mol. The number of fused-ring (bicyclic) bond motifs is 1. The number of carbonyl (C=O) groups excluding carboxylic acids is 1. The molecule has 12 nitrogen and oxygen atoms in total. The fourth-order valence-electron chi connectivity index (χ4n) is 5.67. The number of aromatic hydroxyl groups is 1. The molecule has 7 N–H and O–H groups in total. The number of phenolic OH excluding ortho intramolecular Hbond substituents is 1. The van der Waals surface area contributed by atoms with E-state index in [4.69, 9.17) is 0 Å². The number of carboxylic acid groups (broad SMARTS) is 1. The van der Waals surface area contributed by atoms with Gasteiger partial charge in [-0.15, -0.1) is 0 Å². The smallest absolute Gasteiger partial charge is 0.345 e. The average Bonchev–Trinajstić information content (AvgIpc) is 3.14. The molecule has 12 heteroatoms. The molecule has 0 saturated heterocycles. The summed E-state index contributed by atoms with van der Waals surface area (Å²) in [6, 6.07) is 29.2. The minimum atomic E-state index is -2.28. The van der Waals surface area contributed by atoms with Gasteiger partial charge < -0.3 is 36.0 Å². The van der Waals surface area contributed by atoms with Crippen LogP contribution in [0.3, 0.4) is 0 Å². The minimum Gasteiger partial charge on any atom is -0.506 e. The van der Waals surface area contributed by atoms with E-state index in [2.05, 4.69) is 25.6 Å². The fraction of sp³-hybridized carbons (Fsp3) is 0.132. The zero-order valence-electron chi connectivity index (χ0n) is 26.6. The highest BCUT2D eigenvalue weighted by molar-refractivity contribution is 5.94. The monoisotopic (exact) mass is 671 g/mol. The Hall–Kier alpha value is -6.21. The van der Waals surface area contributed by atoms with Gasteiger partial charge in [0.1, 0.15) is 5.75 Å². The van der Waals surface area contributed by atoms with Crippen LogP contribution in [0.1, 0.15) is 44.4 Å². The van der Waals surface area contributed by atoms with Crippen LogP contribution in [0.5, 0.6) is 5.75 Å². The van der Waals surface area contributed by atoms with Crippen LogP contribution in [0.15, 0.2) is 120 Å². The van der Waals surface area contributed by atoms with Crippen LogP contribution in [0.25, 0.3) is 22.3 Å². The molecule has 2 atom stereocenters. The lowest BCUT2D eigenvalue weighted by atomic mass is 9.85. The van der Waals surface area contributed by atoms with Crippen molar-refractivity contribution in [2.45, 2.75) is 24.8 Å². The van der Waals surface area contributed by atoms with Gasteiger partial charge in [0.05, 0.1) is 23.9 Å². The van der Waals surface area contributed by atoms with Gasteiger partial charge in [0, 0.05) is 47.4 Å². The molecule has 0 aliphatic heterocycles. The van der Waals surface area contributed by atoms with Gasteiger partial charge in [-0.25, -0.2) is 14.8 Å². The van der Waals surface area contributed by atoms with E-state index in [0.29, 0.717) is 40.1 Å². The molecule has 6 aromatic rings. The lowest BCUT2D eigenvalue weighted by Crippen LogP contribution is -2.36. The van der Waals surface area contributed by atoms with Crippen molar-refractivity contribution in [1.82, 2.24) is 25.6 Å². The number of aromatic amines is 1. The highest BCUT2D eigenvalue weighted by atomic mass is 16.4. The molecule has 2 unspecified atom stereocenters. The number of nitrogens with zero attached hydrogens (tertiary/aromatic N) is 2. The van der Waals surface area contributed by atoms with Crippen molar-refractivity contribution in [1.29, 1.82) is 0 Å². The number of carbonyl (C=O) groups is 2. The van der Waals surface area contributed by atoms with Crippen molar-refractivity contribution in [3.8, 4) is 17.1 Å². The number of pyridine rings is 1. The number of H-pyrrole nitrogens is 1. The van der Waals surface area contributed by atoms with Crippen molar-refractivity contribution in [2.24, 2.45) is 0 Å². The number of aliphatic carboxylic acids is 1. The maximum absolute atomic E-state index is 12.9. The molecule has 50 heavy (non-hydrogen) atoms. The van der Waals surface area contributed by atoms with Gasteiger partial charge in [-0.2, -0.15) is 0 Å². The number of hydrogen-bond donors (Lipinski definition) is 7. The summed E-state index contributed by atoms with van der Waals surface area (Å²) in [7, 11) is 0. The van der Waals surface area contributed by atoms with Crippen molar-refractivity contribution in [2.75, 3.05) is 6.54 Å². The van der Waals surface area contributed by atoms with Gasteiger partial charge in [-0.1, -0.05) is 66.7 Å². The number of aromatic nitrogens is 3. The van der Waals surface area contributed by atoms with Crippen LogP contribution in [-0.4, -0.2) is 53.8 Å². The number of aliphatic hydroxyl groups excluding tert-OH is 1. The number of hydrogen-bond acceptors (Lipinski definition) is 9. The van der Waals surface area contributed by atoms with E-state index in [-0.39, 0.29) is 46.9 Å². The summed E-state index contributed by atoms with van der Waals surface area (Å²) < 4.78 is 0. The molecule has 0 aliphatic carbocycles. The first-order valence-electron chi connectivity index (χ1n) is 15.7. The van der Waals surface area contributed by atoms with E-state index in [1.807, 2.05) is 0 Å². The van der Waals surface area contributed by atoms with Gasteiger partial charge in [-0.05, 0) is 53.1 Å². The Balaban J connectivity index is 1.05. The van der Waals surface area contributed by atoms with Crippen molar-refractivity contribution >= 4 is 22.8 Å². The third-order valence-electron chi connectivity index (χ3n) is 8.33. The summed E-state index contributed by atoms with van der Waals surface area (Å²) >= 11 is 0. The van der Waals surface area contributed by atoms with Crippen LogP contribution in [0, 0.1) is 0 Å². The number of rotatable bonds is 12. The lowest BCUT2D eigenvalue weighted by Gasteiger charge is -2.25. The van der Waals surface area contributed by atoms with Crippen molar-refractivity contribution in [3.63, 3.8) is 0 Å². The van der Waals surface area contributed by atoms with Crippen LogP contribution < -0.4 is 16.2 Å². The molecule has 0 radical (unpaired) electrons. The zero-order chi connectivity index (χ0) is 35.3. The quantitative estimate of drug-likeness (QED) is 0.101. The molecule has 2 aromatic heterocycles. The first-order chi connectivity index (χ1) is 24.1. The topological polar surface area (TPSA) is 198 Å². The Bertz CT molecular complexity index is 2220. The highest BCUT2D eigenvalue weighted by Gasteiger charge is 2.40. The molecule has 0 saturated carbocycles. The van der Waals surface area contributed by atoms with Crippen LogP contribution in [0.2, 0.25) is 0 Å². The molecule has 6 rings (SSSR count). The summed E-state index contributed by atoms with van der Waals surface area (Å²) in [4.78, 5) is 48.3. The molecule has 1 amide bonds. The Morgan fingerprint density at radius 1 is 0.860 bits per heavy atom. The standard InChI is InChI=1S/C38H33N5O7/c44-31-15-13-29(30-14-16-33(46)43-34(30)31)32(45)22-39-20-23-9-11-24(12-10-23)36(47)41-21-28-17-18-40-35(42-28)25-5-4-8-27(19-25)38(50,37(48)49)26-6-2-1-3-7-26/h1-19,32,39,44-45,50H,20-22H2,(H,41,47)(H,43,46)(H,48,49).